The zero-order chi connectivity index (χ0) is 19.2. The molecule has 9 heteroatoms. The first-order valence-corrected chi connectivity index (χ1v) is 8.46. The Kier molecular flexibility index (Phi) is 7.07. The minimum absolute atomic E-state index is 0.313. The molecule has 2 rings (SSSR count). The van der Waals surface area contributed by atoms with Gasteiger partial charge < -0.3 is 15.0 Å². The van der Waals surface area contributed by atoms with Crippen LogP contribution < -0.4 is 10.1 Å². The molecule has 0 saturated carbocycles. The molecule has 0 aromatic heterocycles. The predicted molar refractivity (Wildman–Crippen MR) is 91.9 cm³/mol. The second kappa shape index (κ2) is 9.07. The van der Waals surface area contributed by atoms with E-state index in [1.165, 1.54) is 24.0 Å². The fraction of sp³-hybridized carbons (Fsp3) is 0.588. The number of ether oxygens (including phenoxy) is 1. The molecule has 1 aliphatic heterocycles. The van der Waals surface area contributed by atoms with Gasteiger partial charge in [-0.1, -0.05) is 6.07 Å². The van der Waals surface area contributed by atoms with E-state index < -0.39 is 12.2 Å². The van der Waals surface area contributed by atoms with Crippen LogP contribution in [0.5, 0.6) is 5.75 Å². The van der Waals surface area contributed by atoms with E-state index in [9.17, 15) is 17.6 Å². The molecule has 1 fully saturated rings. The zero-order valence-corrected chi connectivity index (χ0v) is 14.9. The van der Waals surface area contributed by atoms with Crippen molar-refractivity contribution in [1.29, 1.82) is 0 Å². The molecule has 1 unspecified atom stereocenters. The first kappa shape index (κ1) is 20.3. The number of alkyl halides is 3. The normalized spacial score (nSPS) is 17.9. The van der Waals surface area contributed by atoms with Crippen molar-refractivity contribution < 1.29 is 22.3 Å². The Labute approximate surface area is 150 Å². The van der Waals surface area contributed by atoms with Gasteiger partial charge >= 0.3 is 6.18 Å². The lowest BCUT2D eigenvalue weighted by Crippen LogP contribution is -2.57. The van der Waals surface area contributed by atoms with Gasteiger partial charge in [0.15, 0.2) is 5.96 Å². The molecule has 5 nitrogen and oxygen atoms in total. The van der Waals surface area contributed by atoms with Gasteiger partial charge in [-0.3, -0.25) is 9.89 Å². The summed E-state index contributed by atoms with van der Waals surface area (Å²) in [5.41, 5.74) is 0. The summed E-state index contributed by atoms with van der Waals surface area (Å²) < 4.78 is 56.9. The molecule has 1 aromatic rings. The van der Waals surface area contributed by atoms with Gasteiger partial charge in [-0.05, 0) is 19.1 Å². The Hall–Kier alpha value is -2.03. The lowest BCUT2D eigenvalue weighted by molar-refractivity contribution is -0.181. The summed E-state index contributed by atoms with van der Waals surface area (Å²) in [5, 5.41) is 3.11. The van der Waals surface area contributed by atoms with E-state index >= 15 is 0 Å². The van der Waals surface area contributed by atoms with Crippen molar-refractivity contribution in [3.63, 3.8) is 0 Å². The van der Waals surface area contributed by atoms with E-state index in [0.29, 0.717) is 51.0 Å². The summed E-state index contributed by atoms with van der Waals surface area (Å²) in [6.45, 7) is 3.51. The number of nitrogens with zero attached hydrogens (tertiary/aromatic N) is 3. The zero-order valence-electron chi connectivity index (χ0n) is 14.9. The smallest absolute Gasteiger partial charge is 0.403 e. The number of nitrogens with one attached hydrogen (secondary N) is 1. The first-order chi connectivity index (χ1) is 12.3. The number of benzene rings is 1. The van der Waals surface area contributed by atoms with Gasteiger partial charge in [0.25, 0.3) is 0 Å². The molecule has 26 heavy (non-hydrogen) atoms. The largest absolute Gasteiger partial charge is 0.492 e. The van der Waals surface area contributed by atoms with Crippen molar-refractivity contribution in [2.75, 3.05) is 46.4 Å². The van der Waals surface area contributed by atoms with Gasteiger partial charge in [-0.2, -0.15) is 13.2 Å². The van der Waals surface area contributed by atoms with Crippen LogP contribution in [0.1, 0.15) is 6.92 Å². The number of rotatable bonds is 5. The van der Waals surface area contributed by atoms with E-state index in [-0.39, 0.29) is 5.82 Å². The predicted octanol–water partition coefficient (Wildman–Crippen LogP) is 2.35. The number of guanidine groups is 1. The standard InChI is InChI=1S/C17H24F4N4O/c1-13(17(19,20)21)24-7-9-25(10-8-24)16(22-2)23-6-11-26-15-5-3-4-14(18)12-15/h3-5,12-13H,6-11H2,1-2H3,(H,22,23). The van der Waals surface area contributed by atoms with E-state index in [2.05, 4.69) is 10.3 Å². The fourth-order valence-corrected chi connectivity index (χ4v) is 2.75. The Balaban J connectivity index is 1.74. The molecule has 0 radical (unpaired) electrons. The van der Waals surface area contributed by atoms with E-state index in [1.807, 2.05) is 4.90 Å². The average Bonchev–Trinajstić information content (AvgIpc) is 2.61. The molecule has 1 aromatic carbocycles. The molecule has 0 bridgehead atoms. The number of halogens is 4. The highest BCUT2D eigenvalue weighted by Gasteiger charge is 2.41. The third kappa shape index (κ3) is 5.76. The molecule has 0 spiro atoms. The monoisotopic (exact) mass is 376 g/mol. The van der Waals surface area contributed by atoms with E-state index in [0.717, 1.165) is 0 Å². The van der Waals surface area contributed by atoms with Crippen LogP contribution in [0.4, 0.5) is 17.6 Å². The highest BCUT2D eigenvalue weighted by molar-refractivity contribution is 5.80. The maximum absolute atomic E-state index is 13.1. The van der Waals surface area contributed by atoms with Gasteiger partial charge in [-0.25, -0.2) is 4.39 Å². The van der Waals surface area contributed by atoms with Crippen LogP contribution >= 0.6 is 0 Å². The molecule has 1 atom stereocenters. The summed E-state index contributed by atoms with van der Waals surface area (Å²) in [6, 6.07) is 4.43. The number of aliphatic imine (C=N–C) groups is 1. The summed E-state index contributed by atoms with van der Waals surface area (Å²) >= 11 is 0. The van der Waals surface area contributed by atoms with Crippen molar-refractivity contribution in [2.24, 2.45) is 4.99 Å². The summed E-state index contributed by atoms with van der Waals surface area (Å²) in [5.74, 6) is 0.695. The highest BCUT2D eigenvalue weighted by atomic mass is 19.4. The van der Waals surface area contributed by atoms with Gasteiger partial charge in [0.2, 0.25) is 0 Å². The van der Waals surface area contributed by atoms with Gasteiger partial charge in [-0.15, -0.1) is 0 Å². The van der Waals surface area contributed by atoms with Crippen molar-refractivity contribution in [3.05, 3.63) is 30.1 Å². The molecule has 1 saturated heterocycles. The van der Waals surface area contributed by atoms with Crippen molar-refractivity contribution in [3.8, 4) is 5.75 Å². The molecule has 0 amide bonds. The van der Waals surface area contributed by atoms with Crippen LogP contribution in [0.15, 0.2) is 29.3 Å². The summed E-state index contributed by atoms with van der Waals surface area (Å²) in [6.07, 6.45) is -4.21. The van der Waals surface area contributed by atoms with Crippen LogP contribution in [-0.2, 0) is 0 Å². The number of hydrogen-bond donors (Lipinski definition) is 1. The minimum Gasteiger partial charge on any atom is -0.492 e. The molecule has 1 aliphatic rings. The van der Waals surface area contributed by atoms with Gasteiger partial charge in [0.05, 0.1) is 6.54 Å². The number of piperazine rings is 1. The maximum atomic E-state index is 13.1. The van der Waals surface area contributed by atoms with Gasteiger partial charge in [0.1, 0.15) is 24.2 Å². The van der Waals surface area contributed by atoms with Crippen LogP contribution in [0.3, 0.4) is 0 Å². The molecule has 1 heterocycles. The van der Waals surface area contributed by atoms with Crippen LogP contribution in [0.25, 0.3) is 0 Å². The molecule has 146 valence electrons. The van der Waals surface area contributed by atoms with Crippen molar-refractivity contribution in [2.45, 2.75) is 19.1 Å². The van der Waals surface area contributed by atoms with E-state index in [4.69, 9.17) is 4.74 Å². The maximum Gasteiger partial charge on any atom is 0.403 e. The van der Waals surface area contributed by atoms with Gasteiger partial charge in [0, 0.05) is 39.3 Å². The Morgan fingerprint density at radius 3 is 2.54 bits per heavy atom. The van der Waals surface area contributed by atoms with Crippen LogP contribution in [-0.4, -0.2) is 74.4 Å². The average molecular weight is 376 g/mol. The minimum atomic E-state index is -4.21. The molecular formula is C17H24F4N4O. The lowest BCUT2D eigenvalue weighted by atomic mass is 10.2. The van der Waals surface area contributed by atoms with Crippen LogP contribution in [0.2, 0.25) is 0 Å². The summed E-state index contributed by atoms with van der Waals surface area (Å²) in [7, 11) is 1.63. The quantitative estimate of drug-likeness (QED) is 0.371. The number of hydrogen-bond acceptors (Lipinski definition) is 3. The third-order valence-electron chi connectivity index (χ3n) is 4.30. The summed E-state index contributed by atoms with van der Waals surface area (Å²) in [4.78, 5) is 7.51. The molecule has 1 N–H and O–H groups in total. The Morgan fingerprint density at radius 1 is 1.27 bits per heavy atom. The Morgan fingerprint density at radius 2 is 1.96 bits per heavy atom. The highest BCUT2D eigenvalue weighted by Crippen LogP contribution is 2.25. The lowest BCUT2D eigenvalue weighted by Gasteiger charge is -2.39. The van der Waals surface area contributed by atoms with Crippen LogP contribution in [0, 0.1) is 5.82 Å². The topological polar surface area (TPSA) is 40.1 Å². The third-order valence-corrected chi connectivity index (χ3v) is 4.30. The second-order valence-corrected chi connectivity index (χ2v) is 6.02. The molecule has 0 aliphatic carbocycles. The Bertz CT molecular complexity index is 601. The first-order valence-electron chi connectivity index (χ1n) is 8.46. The fourth-order valence-electron chi connectivity index (χ4n) is 2.75. The molecular weight excluding hydrogens is 352 g/mol. The van der Waals surface area contributed by atoms with Crippen molar-refractivity contribution >= 4 is 5.96 Å². The van der Waals surface area contributed by atoms with E-state index in [1.54, 1.807) is 19.2 Å². The second-order valence-electron chi connectivity index (χ2n) is 6.02. The van der Waals surface area contributed by atoms with Crippen molar-refractivity contribution in [1.82, 2.24) is 15.1 Å². The SMILES string of the molecule is CN=C(NCCOc1cccc(F)c1)N1CCN(C(C)C(F)(F)F)CC1.